The molecular formula is C19H19N3O3. The number of hydrogen-bond acceptors (Lipinski definition) is 3. The van der Waals surface area contributed by atoms with Gasteiger partial charge in [0.1, 0.15) is 6.54 Å². The number of carbonyl (C=O) groups excluding carboxylic acids is 1. The van der Waals surface area contributed by atoms with Gasteiger partial charge in [-0.2, -0.15) is 0 Å². The summed E-state index contributed by atoms with van der Waals surface area (Å²) in [6.07, 6.45) is 2.49. The Kier molecular flexibility index (Phi) is 4.81. The lowest BCUT2D eigenvalue weighted by molar-refractivity contribution is -0.116. The van der Waals surface area contributed by atoms with E-state index in [9.17, 15) is 14.7 Å². The molecular weight excluding hydrogens is 318 g/mol. The maximum absolute atomic E-state index is 12.3. The number of carbonyl (C=O) groups is 2. The zero-order chi connectivity index (χ0) is 17.8. The van der Waals surface area contributed by atoms with Gasteiger partial charge in [0, 0.05) is 22.8 Å². The summed E-state index contributed by atoms with van der Waals surface area (Å²) < 4.78 is 1.82. The van der Waals surface area contributed by atoms with Crippen LogP contribution in [0.3, 0.4) is 0 Å². The molecule has 2 aromatic carbocycles. The molecule has 0 spiro atoms. The third-order valence-electron chi connectivity index (χ3n) is 4.00. The van der Waals surface area contributed by atoms with E-state index in [2.05, 4.69) is 5.32 Å². The van der Waals surface area contributed by atoms with Crippen LogP contribution in [0.2, 0.25) is 0 Å². The lowest BCUT2D eigenvalue weighted by Gasteiger charge is -2.07. The normalized spacial score (nSPS) is 10.8. The molecule has 0 atom stereocenters. The van der Waals surface area contributed by atoms with Gasteiger partial charge in [-0.1, -0.05) is 18.2 Å². The first-order valence-electron chi connectivity index (χ1n) is 7.98. The lowest BCUT2D eigenvalue weighted by atomic mass is 10.1. The SMILES string of the molecule is NCCc1cn(CC(=O)Nc2ccccc2)c2ccc(C(=O)O)cc12. The molecule has 6 nitrogen and oxygen atoms in total. The minimum Gasteiger partial charge on any atom is -0.478 e. The molecule has 0 aliphatic rings. The Morgan fingerprint density at radius 2 is 1.88 bits per heavy atom. The molecule has 0 unspecified atom stereocenters. The number of nitrogens with zero attached hydrogens (tertiary/aromatic N) is 1. The maximum atomic E-state index is 12.3. The average molecular weight is 337 g/mol. The number of anilines is 1. The predicted molar refractivity (Wildman–Crippen MR) is 96.7 cm³/mol. The maximum Gasteiger partial charge on any atom is 0.335 e. The number of amides is 1. The molecule has 0 aliphatic heterocycles. The standard InChI is InChI=1S/C19H19N3O3/c20-9-8-14-11-22(12-18(23)21-15-4-2-1-3-5-15)17-7-6-13(19(24)25)10-16(14)17/h1-7,10-11H,8-9,12,20H2,(H,21,23)(H,24,25). The summed E-state index contributed by atoms with van der Waals surface area (Å²) in [6, 6.07) is 14.1. The van der Waals surface area contributed by atoms with Crippen LogP contribution in [0.5, 0.6) is 0 Å². The zero-order valence-electron chi connectivity index (χ0n) is 13.6. The van der Waals surface area contributed by atoms with E-state index < -0.39 is 5.97 Å². The number of carboxylic acid groups (broad SMARTS) is 1. The second-order valence-corrected chi connectivity index (χ2v) is 5.77. The van der Waals surface area contributed by atoms with E-state index in [4.69, 9.17) is 5.73 Å². The van der Waals surface area contributed by atoms with E-state index in [1.165, 1.54) is 0 Å². The topological polar surface area (TPSA) is 97.4 Å². The molecule has 0 bridgehead atoms. The molecule has 1 aromatic heterocycles. The highest BCUT2D eigenvalue weighted by Crippen LogP contribution is 2.23. The van der Waals surface area contributed by atoms with Crippen LogP contribution in [-0.2, 0) is 17.8 Å². The first kappa shape index (κ1) is 16.7. The van der Waals surface area contributed by atoms with Crippen molar-refractivity contribution in [2.45, 2.75) is 13.0 Å². The quantitative estimate of drug-likeness (QED) is 0.644. The number of rotatable bonds is 6. The van der Waals surface area contributed by atoms with Gasteiger partial charge in [0.2, 0.25) is 5.91 Å². The Labute approximate surface area is 144 Å². The van der Waals surface area contributed by atoms with Gasteiger partial charge in [0.05, 0.1) is 5.56 Å². The van der Waals surface area contributed by atoms with Crippen LogP contribution in [0.15, 0.2) is 54.7 Å². The Morgan fingerprint density at radius 3 is 2.56 bits per heavy atom. The lowest BCUT2D eigenvalue weighted by Crippen LogP contribution is -2.18. The zero-order valence-corrected chi connectivity index (χ0v) is 13.6. The molecule has 3 rings (SSSR count). The minimum absolute atomic E-state index is 0.141. The van der Waals surface area contributed by atoms with Crippen LogP contribution in [0.4, 0.5) is 5.69 Å². The fourth-order valence-electron chi connectivity index (χ4n) is 2.87. The van der Waals surface area contributed by atoms with Crippen LogP contribution < -0.4 is 11.1 Å². The van der Waals surface area contributed by atoms with Crippen LogP contribution in [-0.4, -0.2) is 28.1 Å². The average Bonchev–Trinajstić information content (AvgIpc) is 2.93. The highest BCUT2D eigenvalue weighted by molar-refractivity contribution is 5.96. The second-order valence-electron chi connectivity index (χ2n) is 5.77. The summed E-state index contributed by atoms with van der Waals surface area (Å²) >= 11 is 0. The van der Waals surface area contributed by atoms with Crippen molar-refractivity contribution in [2.75, 3.05) is 11.9 Å². The van der Waals surface area contributed by atoms with E-state index in [-0.39, 0.29) is 18.0 Å². The van der Waals surface area contributed by atoms with Crippen LogP contribution in [0.25, 0.3) is 10.9 Å². The minimum atomic E-state index is -0.977. The number of aromatic carboxylic acids is 1. The van der Waals surface area contributed by atoms with E-state index in [1.807, 2.05) is 41.1 Å². The number of carboxylic acids is 1. The Bertz CT molecular complexity index is 916. The first-order chi connectivity index (χ1) is 12.1. The van der Waals surface area contributed by atoms with Crippen molar-refractivity contribution < 1.29 is 14.7 Å². The van der Waals surface area contributed by atoms with Gasteiger partial charge in [-0.25, -0.2) is 4.79 Å². The van der Waals surface area contributed by atoms with Crippen molar-refractivity contribution in [1.82, 2.24) is 4.57 Å². The molecule has 0 fully saturated rings. The highest BCUT2D eigenvalue weighted by Gasteiger charge is 2.13. The van der Waals surface area contributed by atoms with E-state index in [0.29, 0.717) is 13.0 Å². The highest BCUT2D eigenvalue weighted by atomic mass is 16.4. The van der Waals surface area contributed by atoms with E-state index >= 15 is 0 Å². The third kappa shape index (κ3) is 3.70. The molecule has 1 heterocycles. The Hall–Kier alpha value is -3.12. The van der Waals surface area contributed by atoms with Crippen molar-refractivity contribution in [2.24, 2.45) is 5.73 Å². The van der Waals surface area contributed by atoms with Crippen molar-refractivity contribution >= 4 is 28.5 Å². The fourth-order valence-corrected chi connectivity index (χ4v) is 2.87. The predicted octanol–water partition coefficient (Wildman–Crippen LogP) is 2.48. The van der Waals surface area contributed by atoms with Crippen molar-refractivity contribution in [3.8, 4) is 0 Å². The van der Waals surface area contributed by atoms with Gasteiger partial charge in [0.15, 0.2) is 0 Å². The van der Waals surface area contributed by atoms with E-state index in [0.717, 1.165) is 22.2 Å². The molecule has 128 valence electrons. The number of aromatic nitrogens is 1. The van der Waals surface area contributed by atoms with Gasteiger partial charge >= 0.3 is 5.97 Å². The molecule has 0 aliphatic carbocycles. The third-order valence-corrected chi connectivity index (χ3v) is 4.00. The number of fused-ring (bicyclic) bond motifs is 1. The van der Waals surface area contributed by atoms with Crippen molar-refractivity contribution in [3.05, 3.63) is 65.9 Å². The smallest absolute Gasteiger partial charge is 0.335 e. The molecule has 4 N–H and O–H groups in total. The van der Waals surface area contributed by atoms with Crippen LogP contribution >= 0.6 is 0 Å². The Morgan fingerprint density at radius 1 is 1.12 bits per heavy atom. The fraction of sp³-hybridized carbons (Fsp3) is 0.158. The second kappa shape index (κ2) is 7.19. The molecule has 0 radical (unpaired) electrons. The summed E-state index contributed by atoms with van der Waals surface area (Å²) in [5, 5.41) is 12.9. The monoisotopic (exact) mass is 337 g/mol. The number of benzene rings is 2. The summed E-state index contributed by atoms with van der Waals surface area (Å²) in [7, 11) is 0. The summed E-state index contributed by atoms with van der Waals surface area (Å²) in [4.78, 5) is 23.5. The molecule has 0 saturated heterocycles. The molecule has 0 saturated carbocycles. The number of hydrogen-bond donors (Lipinski definition) is 3. The molecule has 1 amide bonds. The summed E-state index contributed by atoms with van der Waals surface area (Å²) in [5.74, 6) is -1.13. The number of nitrogens with one attached hydrogen (secondary N) is 1. The number of nitrogens with two attached hydrogens (primary N) is 1. The Balaban J connectivity index is 1.90. The first-order valence-corrected chi connectivity index (χ1v) is 7.98. The van der Waals surface area contributed by atoms with Crippen molar-refractivity contribution in [3.63, 3.8) is 0 Å². The van der Waals surface area contributed by atoms with Crippen LogP contribution in [0.1, 0.15) is 15.9 Å². The number of para-hydroxylation sites is 1. The molecule has 3 aromatic rings. The largest absolute Gasteiger partial charge is 0.478 e. The van der Waals surface area contributed by atoms with Gasteiger partial charge in [-0.3, -0.25) is 4.79 Å². The van der Waals surface area contributed by atoms with Gasteiger partial charge in [0.25, 0.3) is 0 Å². The van der Waals surface area contributed by atoms with E-state index in [1.54, 1.807) is 18.2 Å². The van der Waals surface area contributed by atoms with Crippen LogP contribution in [0, 0.1) is 0 Å². The summed E-state index contributed by atoms with van der Waals surface area (Å²) in [5.41, 5.74) is 8.37. The van der Waals surface area contributed by atoms with Crippen molar-refractivity contribution in [1.29, 1.82) is 0 Å². The van der Waals surface area contributed by atoms with Gasteiger partial charge < -0.3 is 20.7 Å². The molecule has 25 heavy (non-hydrogen) atoms. The summed E-state index contributed by atoms with van der Waals surface area (Å²) in [6.45, 7) is 0.592. The van der Waals surface area contributed by atoms with Gasteiger partial charge in [-0.15, -0.1) is 0 Å². The van der Waals surface area contributed by atoms with Gasteiger partial charge in [-0.05, 0) is 48.9 Å². The molecule has 6 heteroatoms.